The van der Waals surface area contributed by atoms with Crippen LogP contribution in [0.3, 0.4) is 0 Å². The number of halogens is 1. The molecule has 0 aliphatic carbocycles. The lowest BCUT2D eigenvalue weighted by Crippen LogP contribution is -2.42. The third-order valence-electron chi connectivity index (χ3n) is 3.76. The number of aromatic hydroxyl groups is 1. The van der Waals surface area contributed by atoms with E-state index >= 15 is 0 Å². The standard InChI is InChI=1S/C20H20FNO5/c1-26-18-12-13(6-8-17(18)23)7-9-19(24)22-16(20(25)27-2)11-14-4-3-5-15(21)10-14/h3-10,12,16,23H,11H2,1-2H3,(H,22,24)/b9-7+. The minimum absolute atomic E-state index is 0.0139. The zero-order chi connectivity index (χ0) is 19.8. The number of carbonyl (C=O) groups excluding carboxylic acids is 2. The van der Waals surface area contributed by atoms with Crippen LogP contribution < -0.4 is 10.1 Å². The molecule has 1 amide bonds. The molecule has 0 aliphatic heterocycles. The number of methoxy groups -OCH3 is 2. The summed E-state index contributed by atoms with van der Waals surface area (Å²) in [4.78, 5) is 24.1. The van der Waals surface area contributed by atoms with Gasteiger partial charge in [-0.05, 0) is 41.5 Å². The van der Waals surface area contributed by atoms with Gasteiger partial charge in [0.2, 0.25) is 5.91 Å². The van der Waals surface area contributed by atoms with Crippen molar-refractivity contribution in [3.63, 3.8) is 0 Å². The third-order valence-corrected chi connectivity index (χ3v) is 3.76. The minimum Gasteiger partial charge on any atom is -0.504 e. The molecule has 0 saturated carbocycles. The summed E-state index contributed by atoms with van der Waals surface area (Å²) < 4.78 is 23.0. The Morgan fingerprint density at radius 3 is 2.67 bits per heavy atom. The average Bonchev–Trinajstić information content (AvgIpc) is 2.66. The van der Waals surface area contributed by atoms with Crippen molar-refractivity contribution in [2.45, 2.75) is 12.5 Å². The van der Waals surface area contributed by atoms with E-state index in [2.05, 4.69) is 5.32 Å². The Labute approximate surface area is 156 Å². The topological polar surface area (TPSA) is 84.9 Å². The molecule has 0 bridgehead atoms. The summed E-state index contributed by atoms with van der Waals surface area (Å²) in [7, 11) is 2.63. The van der Waals surface area contributed by atoms with Crippen LogP contribution >= 0.6 is 0 Å². The van der Waals surface area contributed by atoms with Crippen molar-refractivity contribution >= 4 is 18.0 Å². The van der Waals surface area contributed by atoms with Crippen LogP contribution in [0.15, 0.2) is 48.5 Å². The summed E-state index contributed by atoms with van der Waals surface area (Å²) in [6, 6.07) is 9.42. The van der Waals surface area contributed by atoms with Crippen LogP contribution in [0.5, 0.6) is 11.5 Å². The molecule has 0 radical (unpaired) electrons. The second kappa shape index (κ2) is 9.38. The number of nitrogens with one attached hydrogen (secondary N) is 1. The van der Waals surface area contributed by atoms with E-state index in [1.54, 1.807) is 18.2 Å². The Morgan fingerprint density at radius 2 is 2.00 bits per heavy atom. The zero-order valence-corrected chi connectivity index (χ0v) is 14.9. The monoisotopic (exact) mass is 373 g/mol. The van der Waals surface area contributed by atoms with Gasteiger partial charge in [0.05, 0.1) is 14.2 Å². The van der Waals surface area contributed by atoms with E-state index in [1.807, 2.05) is 0 Å². The summed E-state index contributed by atoms with van der Waals surface area (Å²) in [5, 5.41) is 12.1. The number of phenols is 1. The van der Waals surface area contributed by atoms with Gasteiger partial charge < -0.3 is 19.9 Å². The van der Waals surface area contributed by atoms with E-state index in [0.29, 0.717) is 11.1 Å². The van der Waals surface area contributed by atoms with Crippen molar-refractivity contribution in [1.82, 2.24) is 5.32 Å². The van der Waals surface area contributed by atoms with E-state index in [4.69, 9.17) is 9.47 Å². The highest BCUT2D eigenvalue weighted by Gasteiger charge is 2.21. The van der Waals surface area contributed by atoms with Gasteiger partial charge in [-0.25, -0.2) is 9.18 Å². The summed E-state index contributed by atoms with van der Waals surface area (Å²) in [6.07, 6.45) is 2.85. The predicted octanol–water partition coefficient (Wildman–Crippen LogP) is 2.45. The Morgan fingerprint density at radius 1 is 1.22 bits per heavy atom. The van der Waals surface area contributed by atoms with E-state index in [0.717, 1.165) is 0 Å². The van der Waals surface area contributed by atoms with Gasteiger partial charge in [0.1, 0.15) is 11.9 Å². The number of carbonyl (C=O) groups is 2. The third kappa shape index (κ3) is 5.85. The van der Waals surface area contributed by atoms with E-state index < -0.39 is 23.7 Å². The second-order valence-electron chi connectivity index (χ2n) is 5.68. The van der Waals surface area contributed by atoms with Crippen LogP contribution in [0.1, 0.15) is 11.1 Å². The van der Waals surface area contributed by atoms with Crippen LogP contribution in [0.25, 0.3) is 6.08 Å². The largest absolute Gasteiger partial charge is 0.504 e. The molecule has 0 aliphatic rings. The predicted molar refractivity (Wildman–Crippen MR) is 97.7 cm³/mol. The number of phenolic OH excluding ortho intramolecular Hbond substituents is 1. The van der Waals surface area contributed by atoms with Gasteiger partial charge >= 0.3 is 5.97 Å². The molecular formula is C20H20FNO5. The molecule has 0 aromatic heterocycles. The van der Waals surface area contributed by atoms with E-state index in [1.165, 1.54) is 50.6 Å². The van der Waals surface area contributed by atoms with Crippen molar-refractivity contribution in [1.29, 1.82) is 0 Å². The molecule has 2 rings (SSSR count). The first-order valence-electron chi connectivity index (χ1n) is 8.10. The number of benzene rings is 2. The van der Waals surface area contributed by atoms with Crippen molar-refractivity contribution in [3.8, 4) is 11.5 Å². The highest BCUT2D eigenvalue weighted by atomic mass is 19.1. The molecule has 1 atom stereocenters. The molecule has 0 spiro atoms. The number of amides is 1. The van der Waals surface area contributed by atoms with Gasteiger partial charge in [-0.2, -0.15) is 0 Å². The Hall–Kier alpha value is -3.35. The lowest BCUT2D eigenvalue weighted by molar-refractivity contribution is -0.144. The van der Waals surface area contributed by atoms with Gasteiger partial charge in [0.15, 0.2) is 11.5 Å². The van der Waals surface area contributed by atoms with Gasteiger partial charge in [-0.3, -0.25) is 4.79 Å². The fraction of sp³-hybridized carbons (Fsp3) is 0.200. The van der Waals surface area contributed by atoms with Gasteiger partial charge in [-0.15, -0.1) is 0 Å². The Bertz CT molecular complexity index is 850. The maximum absolute atomic E-state index is 13.3. The molecule has 2 aromatic rings. The van der Waals surface area contributed by atoms with Crippen LogP contribution in [-0.2, 0) is 20.7 Å². The molecule has 142 valence electrons. The smallest absolute Gasteiger partial charge is 0.328 e. The summed E-state index contributed by atoms with van der Waals surface area (Å²) in [6.45, 7) is 0. The normalized spacial score (nSPS) is 11.8. The zero-order valence-electron chi connectivity index (χ0n) is 14.9. The lowest BCUT2D eigenvalue weighted by atomic mass is 10.1. The number of rotatable bonds is 7. The molecule has 0 saturated heterocycles. The van der Waals surface area contributed by atoms with E-state index in [9.17, 15) is 19.1 Å². The SMILES string of the molecule is COC(=O)C(Cc1cccc(F)c1)NC(=O)/C=C/c1ccc(O)c(OC)c1. The van der Waals surface area contributed by atoms with Crippen LogP contribution in [0, 0.1) is 5.82 Å². The highest BCUT2D eigenvalue weighted by Crippen LogP contribution is 2.26. The quantitative estimate of drug-likeness (QED) is 0.575. The van der Waals surface area contributed by atoms with Gasteiger partial charge in [0.25, 0.3) is 0 Å². The second-order valence-corrected chi connectivity index (χ2v) is 5.68. The molecule has 27 heavy (non-hydrogen) atoms. The molecule has 2 aromatic carbocycles. The molecule has 2 N–H and O–H groups in total. The number of hydrogen-bond donors (Lipinski definition) is 2. The van der Waals surface area contributed by atoms with Gasteiger partial charge in [0, 0.05) is 12.5 Å². The Kier molecular flexibility index (Phi) is 6.93. The first-order chi connectivity index (χ1) is 12.9. The minimum atomic E-state index is -0.955. The van der Waals surface area contributed by atoms with E-state index in [-0.39, 0.29) is 17.9 Å². The lowest BCUT2D eigenvalue weighted by Gasteiger charge is -2.15. The average molecular weight is 373 g/mol. The fourth-order valence-corrected chi connectivity index (χ4v) is 2.42. The van der Waals surface area contributed by atoms with Crippen LogP contribution in [0.2, 0.25) is 0 Å². The number of hydrogen-bond acceptors (Lipinski definition) is 5. The summed E-state index contributed by atoms with van der Waals surface area (Å²) in [5.74, 6) is -1.32. The molecule has 0 fully saturated rings. The summed E-state index contributed by atoms with van der Waals surface area (Å²) >= 11 is 0. The van der Waals surface area contributed by atoms with Crippen LogP contribution in [-0.4, -0.2) is 37.2 Å². The molecular weight excluding hydrogens is 353 g/mol. The van der Waals surface area contributed by atoms with Crippen molar-refractivity contribution in [3.05, 3.63) is 65.5 Å². The molecule has 0 heterocycles. The fourth-order valence-electron chi connectivity index (χ4n) is 2.42. The number of esters is 1. The van der Waals surface area contributed by atoms with Gasteiger partial charge in [-0.1, -0.05) is 18.2 Å². The molecule has 6 nitrogen and oxygen atoms in total. The number of ether oxygens (including phenoxy) is 2. The van der Waals surface area contributed by atoms with Crippen molar-refractivity contribution in [2.24, 2.45) is 0 Å². The molecule has 7 heteroatoms. The maximum atomic E-state index is 13.3. The molecule has 1 unspecified atom stereocenters. The van der Waals surface area contributed by atoms with Crippen LogP contribution in [0.4, 0.5) is 4.39 Å². The van der Waals surface area contributed by atoms with Crippen molar-refractivity contribution in [2.75, 3.05) is 14.2 Å². The van der Waals surface area contributed by atoms with Crippen molar-refractivity contribution < 1.29 is 28.6 Å². The first kappa shape index (κ1) is 20.0. The highest BCUT2D eigenvalue weighted by molar-refractivity contribution is 5.94. The Balaban J connectivity index is 2.08. The maximum Gasteiger partial charge on any atom is 0.328 e. The first-order valence-corrected chi connectivity index (χ1v) is 8.10. The summed E-state index contributed by atoms with van der Waals surface area (Å²) in [5.41, 5.74) is 1.18.